The van der Waals surface area contributed by atoms with Crippen LogP contribution in [-0.2, 0) is 4.79 Å². The maximum atomic E-state index is 11.7. The van der Waals surface area contributed by atoms with Crippen molar-refractivity contribution < 1.29 is 9.59 Å². The maximum absolute atomic E-state index is 11.7. The number of nitrogens with two attached hydrogens (primary N) is 1. The van der Waals surface area contributed by atoms with Gasteiger partial charge in [0.15, 0.2) is 0 Å². The van der Waals surface area contributed by atoms with Crippen LogP contribution in [0.1, 0.15) is 17.3 Å². The van der Waals surface area contributed by atoms with E-state index in [9.17, 15) is 9.59 Å². The molecule has 4 N–H and O–H groups in total. The Hall–Kier alpha value is -1.30. The minimum absolute atomic E-state index is 0.273. The van der Waals surface area contributed by atoms with Crippen LogP contribution in [0, 0.1) is 0 Å². The highest BCUT2D eigenvalue weighted by Crippen LogP contribution is 2.22. The summed E-state index contributed by atoms with van der Waals surface area (Å²) in [4.78, 5) is 22.8. The highest BCUT2D eigenvalue weighted by molar-refractivity contribution is 6.42. The molecule has 0 aromatic heterocycles. The normalized spacial score (nSPS) is 11.8. The van der Waals surface area contributed by atoms with Gasteiger partial charge in [-0.1, -0.05) is 23.2 Å². The number of carbonyl (C=O) groups is 2. The van der Waals surface area contributed by atoms with Crippen LogP contribution >= 0.6 is 23.2 Å². The van der Waals surface area contributed by atoms with Crippen LogP contribution in [0.5, 0.6) is 0 Å². The molecule has 0 fully saturated rings. The van der Waals surface area contributed by atoms with Crippen LogP contribution in [0.25, 0.3) is 0 Å². The molecule has 0 aliphatic heterocycles. The zero-order valence-electron chi connectivity index (χ0n) is 8.96. The van der Waals surface area contributed by atoms with Gasteiger partial charge < -0.3 is 5.32 Å². The van der Waals surface area contributed by atoms with Gasteiger partial charge in [0, 0.05) is 5.56 Å². The molecule has 92 valence electrons. The van der Waals surface area contributed by atoms with E-state index in [1.165, 1.54) is 25.1 Å². The second-order valence-electron chi connectivity index (χ2n) is 3.33. The molecule has 0 spiro atoms. The van der Waals surface area contributed by atoms with Crippen molar-refractivity contribution in [3.63, 3.8) is 0 Å². The van der Waals surface area contributed by atoms with E-state index in [1.807, 2.05) is 5.43 Å². The Bertz CT molecular complexity index is 451. The van der Waals surface area contributed by atoms with Gasteiger partial charge in [0.05, 0.1) is 10.0 Å². The molecular formula is C10H11Cl2N3O2. The van der Waals surface area contributed by atoms with Crippen LogP contribution in [0.15, 0.2) is 18.2 Å². The van der Waals surface area contributed by atoms with Crippen molar-refractivity contribution in [2.45, 2.75) is 13.0 Å². The lowest BCUT2D eigenvalue weighted by molar-refractivity contribution is -0.122. The van der Waals surface area contributed by atoms with Gasteiger partial charge in [-0.05, 0) is 25.1 Å². The predicted octanol–water partition coefficient (Wildman–Crippen LogP) is 1.10. The van der Waals surface area contributed by atoms with Crippen molar-refractivity contribution in [1.29, 1.82) is 0 Å². The van der Waals surface area contributed by atoms with Gasteiger partial charge in [-0.3, -0.25) is 15.0 Å². The van der Waals surface area contributed by atoms with E-state index < -0.39 is 17.9 Å². The summed E-state index contributed by atoms with van der Waals surface area (Å²) in [6.45, 7) is 1.51. The Labute approximate surface area is 108 Å². The van der Waals surface area contributed by atoms with E-state index in [-0.39, 0.29) is 5.02 Å². The zero-order chi connectivity index (χ0) is 13.0. The highest BCUT2D eigenvalue weighted by Gasteiger charge is 2.15. The van der Waals surface area contributed by atoms with Crippen molar-refractivity contribution in [2.75, 3.05) is 0 Å². The Balaban J connectivity index is 2.76. The Morgan fingerprint density at radius 3 is 2.47 bits per heavy atom. The molecule has 1 unspecified atom stereocenters. The number of halogens is 2. The minimum atomic E-state index is -0.734. The van der Waals surface area contributed by atoms with Crippen molar-refractivity contribution in [1.82, 2.24) is 10.7 Å². The Morgan fingerprint density at radius 2 is 1.94 bits per heavy atom. The fraction of sp³-hybridized carbons (Fsp3) is 0.200. The predicted molar refractivity (Wildman–Crippen MR) is 65.7 cm³/mol. The van der Waals surface area contributed by atoms with Gasteiger partial charge in [0.1, 0.15) is 6.04 Å². The van der Waals surface area contributed by atoms with Crippen molar-refractivity contribution in [3.8, 4) is 0 Å². The van der Waals surface area contributed by atoms with Gasteiger partial charge in [0.25, 0.3) is 11.8 Å². The highest BCUT2D eigenvalue weighted by atomic mass is 35.5. The summed E-state index contributed by atoms with van der Waals surface area (Å²) in [6, 6.07) is 3.71. The summed E-state index contributed by atoms with van der Waals surface area (Å²) in [5.41, 5.74) is 2.26. The van der Waals surface area contributed by atoms with Crippen molar-refractivity contribution in [3.05, 3.63) is 33.8 Å². The summed E-state index contributed by atoms with van der Waals surface area (Å²) < 4.78 is 0. The number of hydrogen-bond acceptors (Lipinski definition) is 3. The summed E-state index contributed by atoms with van der Waals surface area (Å²) >= 11 is 11.5. The molecule has 1 aromatic carbocycles. The zero-order valence-corrected chi connectivity index (χ0v) is 10.5. The first-order chi connectivity index (χ1) is 7.95. The lowest BCUT2D eigenvalue weighted by Crippen LogP contribution is -2.47. The summed E-state index contributed by atoms with van der Waals surface area (Å²) in [6.07, 6.45) is 0. The smallest absolute Gasteiger partial charge is 0.256 e. The number of hydrogen-bond donors (Lipinski definition) is 3. The van der Waals surface area contributed by atoms with E-state index in [4.69, 9.17) is 29.0 Å². The van der Waals surface area contributed by atoms with Gasteiger partial charge in [-0.25, -0.2) is 5.84 Å². The van der Waals surface area contributed by atoms with Gasteiger partial charge in [0.2, 0.25) is 0 Å². The van der Waals surface area contributed by atoms with Gasteiger partial charge >= 0.3 is 0 Å². The average molecular weight is 276 g/mol. The topological polar surface area (TPSA) is 84.2 Å². The first kappa shape index (κ1) is 13.8. The molecule has 17 heavy (non-hydrogen) atoms. The van der Waals surface area contributed by atoms with Crippen LogP contribution in [0.2, 0.25) is 10.0 Å². The van der Waals surface area contributed by atoms with E-state index in [0.717, 1.165) is 0 Å². The van der Waals surface area contributed by atoms with Crippen LogP contribution < -0.4 is 16.6 Å². The molecule has 1 aromatic rings. The maximum Gasteiger partial charge on any atom is 0.256 e. The third-order valence-electron chi connectivity index (χ3n) is 2.06. The fourth-order valence-corrected chi connectivity index (χ4v) is 1.41. The molecule has 1 rings (SSSR count). The molecule has 0 radical (unpaired) electrons. The largest absolute Gasteiger partial charge is 0.340 e. The monoisotopic (exact) mass is 275 g/mol. The van der Waals surface area contributed by atoms with E-state index in [0.29, 0.717) is 10.6 Å². The molecule has 2 amide bonds. The second kappa shape index (κ2) is 5.86. The molecule has 5 nitrogen and oxygen atoms in total. The Morgan fingerprint density at radius 1 is 1.29 bits per heavy atom. The number of carbonyl (C=O) groups excluding carboxylic acids is 2. The first-order valence-corrected chi connectivity index (χ1v) is 5.47. The molecule has 0 aliphatic rings. The SMILES string of the molecule is CC(NC(=O)c1ccc(Cl)c(Cl)c1)C(=O)NN. The lowest BCUT2D eigenvalue weighted by atomic mass is 10.2. The molecule has 0 saturated carbocycles. The van der Waals surface area contributed by atoms with Crippen LogP contribution in [-0.4, -0.2) is 17.9 Å². The molecule has 0 saturated heterocycles. The summed E-state index contributed by atoms with van der Waals surface area (Å²) in [5.74, 6) is 4.02. The van der Waals surface area contributed by atoms with Crippen LogP contribution in [0.3, 0.4) is 0 Å². The van der Waals surface area contributed by atoms with Gasteiger partial charge in [-0.15, -0.1) is 0 Å². The average Bonchev–Trinajstić information content (AvgIpc) is 2.31. The van der Waals surface area contributed by atoms with E-state index in [2.05, 4.69) is 5.32 Å². The van der Waals surface area contributed by atoms with Crippen molar-refractivity contribution >= 4 is 35.0 Å². The molecule has 0 aliphatic carbocycles. The standard InChI is InChI=1S/C10H11Cl2N3O2/c1-5(9(16)15-13)14-10(17)6-2-3-7(11)8(12)4-6/h2-5H,13H2,1H3,(H,14,17)(H,15,16). The number of hydrazine groups is 1. The quantitative estimate of drug-likeness (QED) is 0.439. The second-order valence-corrected chi connectivity index (χ2v) is 4.15. The summed E-state index contributed by atoms with van der Waals surface area (Å²) in [5, 5.41) is 3.09. The van der Waals surface area contributed by atoms with Crippen LogP contribution in [0.4, 0.5) is 0 Å². The number of amides is 2. The minimum Gasteiger partial charge on any atom is -0.340 e. The molecule has 0 bridgehead atoms. The van der Waals surface area contributed by atoms with E-state index in [1.54, 1.807) is 0 Å². The fourth-order valence-electron chi connectivity index (χ4n) is 1.11. The molecular weight excluding hydrogens is 265 g/mol. The van der Waals surface area contributed by atoms with E-state index >= 15 is 0 Å². The number of nitrogens with one attached hydrogen (secondary N) is 2. The summed E-state index contributed by atoms with van der Waals surface area (Å²) in [7, 11) is 0. The third-order valence-corrected chi connectivity index (χ3v) is 2.80. The molecule has 0 heterocycles. The third kappa shape index (κ3) is 3.59. The first-order valence-electron chi connectivity index (χ1n) is 4.72. The number of rotatable bonds is 3. The van der Waals surface area contributed by atoms with Crippen molar-refractivity contribution in [2.24, 2.45) is 5.84 Å². The Kier molecular flexibility index (Phi) is 4.74. The number of benzene rings is 1. The molecule has 7 heteroatoms. The lowest BCUT2D eigenvalue weighted by Gasteiger charge is -2.12. The molecule has 1 atom stereocenters. The van der Waals surface area contributed by atoms with Gasteiger partial charge in [-0.2, -0.15) is 0 Å².